The molecule has 2 rings (SSSR count). The standard InChI is InChI=1S/C14H22N2O/c1-16(11-12-5-3-4-10-15-12)13-6-8-14(17-2)9-7-13/h6-9,12,15H,3-5,10-11H2,1-2H3. The van der Waals surface area contributed by atoms with E-state index in [1.165, 1.54) is 31.5 Å². The Labute approximate surface area is 104 Å². The molecule has 1 unspecified atom stereocenters. The van der Waals surface area contributed by atoms with Gasteiger partial charge >= 0.3 is 0 Å². The summed E-state index contributed by atoms with van der Waals surface area (Å²) in [5.74, 6) is 0.915. The fourth-order valence-corrected chi connectivity index (χ4v) is 2.35. The third kappa shape index (κ3) is 3.37. The molecule has 17 heavy (non-hydrogen) atoms. The monoisotopic (exact) mass is 234 g/mol. The molecule has 0 amide bonds. The Morgan fingerprint density at radius 1 is 1.29 bits per heavy atom. The van der Waals surface area contributed by atoms with E-state index in [1.807, 2.05) is 12.1 Å². The third-order valence-corrected chi connectivity index (χ3v) is 3.42. The summed E-state index contributed by atoms with van der Waals surface area (Å²) in [4.78, 5) is 2.31. The molecular formula is C14H22N2O. The number of nitrogens with one attached hydrogen (secondary N) is 1. The van der Waals surface area contributed by atoms with E-state index in [1.54, 1.807) is 7.11 Å². The lowest BCUT2D eigenvalue weighted by Gasteiger charge is -2.29. The Morgan fingerprint density at radius 2 is 2.06 bits per heavy atom. The van der Waals surface area contributed by atoms with E-state index in [0.29, 0.717) is 6.04 Å². The maximum absolute atomic E-state index is 5.17. The number of methoxy groups -OCH3 is 1. The molecule has 1 fully saturated rings. The van der Waals surface area contributed by atoms with Crippen molar-refractivity contribution in [2.45, 2.75) is 25.3 Å². The highest BCUT2D eigenvalue weighted by molar-refractivity contribution is 5.48. The number of ether oxygens (including phenoxy) is 1. The number of nitrogens with zero attached hydrogens (tertiary/aromatic N) is 1. The van der Waals surface area contributed by atoms with Gasteiger partial charge in [0.1, 0.15) is 5.75 Å². The summed E-state index contributed by atoms with van der Waals surface area (Å²) in [7, 11) is 3.85. The Morgan fingerprint density at radius 3 is 2.65 bits per heavy atom. The first kappa shape index (κ1) is 12.2. The first-order valence-electron chi connectivity index (χ1n) is 6.38. The van der Waals surface area contributed by atoms with Gasteiger partial charge in [0.05, 0.1) is 7.11 Å². The predicted molar refractivity (Wildman–Crippen MR) is 71.9 cm³/mol. The SMILES string of the molecule is COc1ccc(N(C)CC2CCCCN2)cc1. The molecule has 1 aromatic rings. The van der Waals surface area contributed by atoms with Crippen molar-refractivity contribution >= 4 is 5.69 Å². The van der Waals surface area contributed by atoms with Crippen molar-refractivity contribution in [2.75, 3.05) is 32.1 Å². The molecule has 3 nitrogen and oxygen atoms in total. The topological polar surface area (TPSA) is 24.5 Å². The molecule has 0 spiro atoms. The van der Waals surface area contributed by atoms with Crippen LogP contribution in [0.2, 0.25) is 0 Å². The number of benzene rings is 1. The van der Waals surface area contributed by atoms with Crippen LogP contribution in [0.1, 0.15) is 19.3 Å². The van der Waals surface area contributed by atoms with E-state index >= 15 is 0 Å². The van der Waals surface area contributed by atoms with Gasteiger partial charge in [0, 0.05) is 25.3 Å². The second-order valence-electron chi connectivity index (χ2n) is 4.73. The molecule has 1 N–H and O–H groups in total. The number of hydrogen-bond donors (Lipinski definition) is 1. The van der Waals surface area contributed by atoms with Crippen LogP contribution in [0, 0.1) is 0 Å². The summed E-state index contributed by atoms with van der Waals surface area (Å²) in [6.45, 7) is 2.24. The Balaban J connectivity index is 1.91. The highest BCUT2D eigenvalue weighted by atomic mass is 16.5. The van der Waals surface area contributed by atoms with E-state index in [4.69, 9.17) is 4.74 Å². The zero-order valence-corrected chi connectivity index (χ0v) is 10.8. The van der Waals surface area contributed by atoms with Crippen LogP contribution in [0.15, 0.2) is 24.3 Å². The highest BCUT2D eigenvalue weighted by Crippen LogP contribution is 2.19. The number of anilines is 1. The van der Waals surface area contributed by atoms with Crippen LogP contribution < -0.4 is 15.0 Å². The third-order valence-electron chi connectivity index (χ3n) is 3.42. The molecule has 0 radical (unpaired) electrons. The van der Waals surface area contributed by atoms with Crippen LogP contribution >= 0.6 is 0 Å². The molecule has 0 aromatic heterocycles. The lowest BCUT2D eigenvalue weighted by atomic mass is 10.0. The van der Waals surface area contributed by atoms with Crippen LogP contribution in [0.25, 0.3) is 0 Å². The van der Waals surface area contributed by atoms with Crippen molar-refractivity contribution in [1.82, 2.24) is 5.32 Å². The second-order valence-corrected chi connectivity index (χ2v) is 4.73. The minimum atomic E-state index is 0.635. The van der Waals surface area contributed by atoms with E-state index < -0.39 is 0 Å². The van der Waals surface area contributed by atoms with Gasteiger partial charge in [-0.25, -0.2) is 0 Å². The van der Waals surface area contributed by atoms with Crippen molar-refractivity contribution in [3.05, 3.63) is 24.3 Å². The summed E-state index contributed by atoms with van der Waals surface area (Å²) in [6, 6.07) is 8.89. The molecule has 0 bridgehead atoms. The van der Waals surface area contributed by atoms with Gasteiger partial charge in [-0.3, -0.25) is 0 Å². The smallest absolute Gasteiger partial charge is 0.119 e. The van der Waals surface area contributed by atoms with Crippen LogP contribution in [0.4, 0.5) is 5.69 Å². The Hall–Kier alpha value is -1.22. The quantitative estimate of drug-likeness (QED) is 0.865. The summed E-state index contributed by atoms with van der Waals surface area (Å²) < 4.78 is 5.17. The van der Waals surface area contributed by atoms with Gasteiger partial charge in [0.15, 0.2) is 0 Å². The molecule has 1 aromatic carbocycles. The van der Waals surface area contributed by atoms with Gasteiger partial charge in [-0.1, -0.05) is 6.42 Å². The molecule has 3 heteroatoms. The number of hydrogen-bond acceptors (Lipinski definition) is 3. The molecule has 0 saturated carbocycles. The number of piperidine rings is 1. The van der Waals surface area contributed by atoms with Crippen molar-refractivity contribution in [3.63, 3.8) is 0 Å². The van der Waals surface area contributed by atoms with Crippen molar-refractivity contribution in [3.8, 4) is 5.75 Å². The maximum atomic E-state index is 5.17. The molecule has 0 aliphatic carbocycles. The average Bonchev–Trinajstić information content (AvgIpc) is 2.40. The van der Waals surface area contributed by atoms with E-state index in [9.17, 15) is 0 Å². The first-order valence-corrected chi connectivity index (χ1v) is 6.38. The number of rotatable bonds is 4. The summed E-state index contributed by atoms with van der Waals surface area (Å²) in [5, 5.41) is 3.58. The lowest BCUT2D eigenvalue weighted by Crippen LogP contribution is -2.42. The van der Waals surface area contributed by atoms with Gasteiger partial charge in [-0.05, 0) is 43.7 Å². The van der Waals surface area contributed by atoms with E-state index in [0.717, 1.165) is 12.3 Å². The molecule has 1 aliphatic rings. The van der Waals surface area contributed by atoms with Gasteiger partial charge in [-0.2, -0.15) is 0 Å². The van der Waals surface area contributed by atoms with Gasteiger partial charge in [-0.15, -0.1) is 0 Å². The lowest BCUT2D eigenvalue weighted by molar-refractivity contribution is 0.403. The zero-order valence-electron chi connectivity index (χ0n) is 10.8. The van der Waals surface area contributed by atoms with Crippen LogP contribution in [-0.4, -0.2) is 33.3 Å². The van der Waals surface area contributed by atoms with E-state index in [2.05, 4.69) is 29.4 Å². The zero-order chi connectivity index (χ0) is 12.1. The Kier molecular flexibility index (Phi) is 4.26. The van der Waals surface area contributed by atoms with Crippen molar-refractivity contribution in [2.24, 2.45) is 0 Å². The Bertz CT molecular complexity index is 331. The van der Waals surface area contributed by atoms with Gasteiger partial charge in [0.25, 0.3) is 0 Å². The molecule has 1 heterocycles. The summed E-state index contributed by atoms with van der Waals surface area (Å²) in [6.07, 6.45) is 3.97. The predicted octanol–water partition coefficient (Wildman–Crippen LogP) is 2.27. The normalized spacial score (nSPS) is 20.0. The van der Waals surface area contributed by atoms with Crippen LogP contribution in [0.5, 0.6) is 5.75 Å². The average molecular weight is 234 g/mol. The number of likely N-dealkylation sites (N-methyl/N-ethyl adjacent to an activating group) is 1. The fraction of sp³-hybridized carbons (Fsp3) is 0.571. The molecule has 94 valence electrons. The molecule has 1 aliphatic heterocycles. The molecule has 1 saturated heterocycles. The summed E-state index contributed by atoms with van der Waals surface area (Å²) in [5.41, 5.74) is 1.25. The minimum absolute atomic E-state index is 0.635. The van der Waals surface area contributed by atoms with Crippen LogP contribution in [-0.2, 0) is 0 Å². The second kappa shape index (κ2) is 5.92. The minimum Gasteiger partial charge on any atom is -0.497 e. The van der Waals surface area contributed by atoms with Gasteiger partial charge in [0.2, 0.25) is 0 Å². The van der Waals surface area contributed by atoms with E-state index in [-0.39, 0.29) is 0 Å². The first-order chi connectivity index (χ1) is 8.29. The fourth-order valence-electron chi connectivity index (χ4n) is 2.35. The molecular weight excluding hydrogens is 212 g/mol. The largest absolute Gasteiger partial charge is 0.497 e. The highest BCUT2D eigenvalue weighted by Gasteiger charge is 2.14. The summed E-state index contributed by atoms with van der Waals surface area (Å²) >= 11 is 0. The maximum Gasteiger partial charge on any atom is 0.119 e. The van der Waals surface area contributed by atoms with Crippen molar-refractivity contribution < 1.29 is 4.74 Å². The van der Waals surface area contributed by atoms with Crippen LogP contribution in [0.3, 0.4) is 0 Å². The van der Waals surface area contributed by atoms with Crippen molar-refractivity contribution in [1.29, 1.82) is 0 Å². The van der Waals surface area contributed by atoms with Gasteiger partial charge < -0.3 is 15.0 Å². The molecule has 1 atom stereocenters.